The Hall–Kier alpha value is -2.95. The lowest BCUT2D eigenvalue weighted by Crippen LogP contribution is -2.14. The third kappa shape index (κ3) is 3.06. The Morgan fingerprint density at radius 1 is 1.08 bits per heavy atom. The summed E-state index contributed by atoms with van der Waals surface area (Å²) < 4.78 is 18.3. The lowest BCUT2D eigenvalue weighted by atomic mass is 10.0. The van der Waals surface area contributed by atoms with Gasteiger partial charge in [-0.25, -0.2) is 4.39 Å². The van der Waals surface area contributed by atoms with Gasteiger partial charge in [0, 0.05) is 11.3 Å². The van der Waals surface area contributed by atoms with E-state index in [4.69, 9.17) is 4.52 Å². The van der Waals surface area contributed by atoms with E-state index >= 15 is 0 Å². The fourth-order valence-corrected chi connectivity index (χ4v) is 2.58. The average molecular weight is 324 g/mol. The molecule has 0 bridgehead atoms. The van der Waals surface area contributed by atoms with Crippen LogP contribution in [0.3, 0.4) is 0 Å². The van der Waals surface area contributed by atoms with Gasteiger partial charge in [-0.15, -0.1) is 0 Å². The zero-order chi connectivity index (χ0) is 17.3. The Labute approximate surface area is 139 Å². The molecule has 3 aromatic rings. The van der Waals surface area contributed by atoms with Crippen molar-refractivity contribution in [1.29, 1.82) is 0 Å². The number of carbonyl (C=O) groups excluding carboxylic acids is 1. The number of hydrogen-bond donors (Lipinski definition) is 1. The molecule has 0 atom stereocenters. The van der Waals surface area contributed by atoms with Crippen LogP contribution in [-0.2, 0) is 0 Å². The van der Waals surface area contributed by atoms with Gasteiger partial charge in [0.05, 0.1) is 0 Å². The van der Waals surface area contributed by atoms with E-state index in [1.165, 1.54) is 12.1 Å². The highest BCUT2D eigenvalue weighted by molar-refractivity contribution is 6.09. The van der Waals surface area contributed by atoms with Crippen molar-refractivity contribution in [3.05, 3.63) is 70.7 Å². The van der Waals surface area contributed by atoms with Gasteiger partial charge in [0.1, 0.15) is 22.8 Å². The molecule has 1 heterocycles. The number of carbonyl (C=O) groups is 1. The van der Waals surface area contributed by atoms with Crippen LogP contribution in [-0.4, -0.2) is 11.1 Å². The Kier molecular flexibility index (Phi) is 4.16. The van der Waals surface area contributed by atoms with Crippen molar-refractivity contribution >= 4 is 11.6 Å². The normalized spacial score (nSPS) is 10.7. The number of halogens is 1. The second kappa shape index (κ2) is 6.28. The van der Waals surface area contributed by atoms with E-state index in [0.29, 0.717) is 22.6 Å². The molecule has 0 aliphatic heterocycles. The molecule has 0 spiro atoms. The van der Waals surface area contributed by atoms with Gasteiger partial charge in [-0.1, -0.05) is 22.9 Å². The van der Waals surface area contributed by atoms with Crippen LogP contribution in [0.1, 0.15) is 27.2 Å². The summed E-state index contributed by atoms with van der Waals surface area (Å²) in [6, 6.07) is 11.6. The Bertz CT molecular complexity index is 898. The molecule has 3 rings (SSSR count). The third-order valence-electron chi connectivity index (χ3n) is 3.84. The highest BCUT2D eigenvalue weighted by Crippen LogP contribution is 2.27. The summed E-state index contributed by atoms with van der Waals surface area (Å²) in [5.74, 6) is -0.239. The summed E-state index contributed by atoms with van der Waals surface area (Å²) in [6.07, 6.45) is 0. The van der Waals surface area contributed by atoms with Crippen LogP contribution < -0.4 is 5.32 Å². The van der Waals surface area contributed by atoms with Crippen LogP contribution in [0.4, 0.5) is 10.1 Å². The summed E-state index contributed by atoms with van der Waals surface area (Å²) in [5, 5.41) is 6.85. The molecule has 0 unspecified atom stereocenters. The third-order valence-corrected chi connectivity index (χ3v) is 3.84. The highest BCUT2D eigenvalue weighted by atomic mass is 19.1. The second-order valence-electron chi connectivity index (χ2n) is 5.74. The van der Waals surface area contributed by atoms with Crippen molar-refractivity contribution in [2.24, 2.45) is 0 Å². The maximum Gasteiger partial charge on any atom is 0.261 e. The zero-order valence-electron chi connectivity index (χ0n) is 13.7. The van der Waals surface area contributed by atoms with Gasteiger partial charge in [0.25, 0.3) is 5.91 Å². The van der Waals surface area contributed by atoms with Crippen molar-refractivity contribution in [2.45, 2.75) is 20.8 Å². The monoisotopic (exact) mass is 324 g/mol. The van der Waals surface area contributed by atoms with Crippen LogP contribution >= 0.6 is 0 Å². The Morgan fingerprint density at radius 2 is 1.79 bits per heavy atom. The predicted octanol–water partition coefficient (Wildman–Crippen LogP) is 4.66. The molecule has 122 valence electrons. The lowest BCUT2D eigenvalue weighted by Gasteiger charge is -2.09. The largest absolute Gasteiger partial charge is 0.360 e. The van der Waals surface area contributed by atoms with Crippen molar-refractivity contribution < 1.29 is 13.7 Å². The smallest absolute Gasteiger partial charge is 0.261 e. The molecular formula is C19H17FN2O2. The Balaban J connectivity index is 1.95. The molecule has 5 heteroatoms. The predicted molar refractivity (Wildman–Crippen MR) is 90.5 cm³/mol. The first-order valence-electron chi connectivity index (χ1n) is 7.56. The summed E-state index contributed by atoms with van der Waals surface area (Å²) >= 11 is 0. The van der Waals surface area contributed by atoms with E-state index in [0.717, 1.165) is 16.8 Å². The molecule has 24 heavy (non-hydrogen) atoms. The van der Waals surface area contributed by atoms with Gasteiger partial charge in [-0.3, -0.25) is 4.79 Å². The number of benzene rings is 2. The molecule has 1 amide bonds. The maximum atomic E-state index is 13.1. The van der Waals surface area contributed by atoms with Crippen molar-refractivity contribution in [2.75, 3.05) is 5.32 Å². The topological polar surface area (TPSA) is 55.1 Å². The number of aryl methyl sites for hydroxylation is 3. The number of hydrogen-bond acceptors (Lipinski definition) is 3. The number of aromatic nitrogens is 1. The first kappa shape index (κ1) is 15.9. The van der Waals surface area contributed by atoms with Gasteiger partial charge in [-0.2, -0.15) is 0 Å². The number of nitrogens with one attached hydrogen (secondary N) is 1. The van der Waals surface area contributed by atoms with E-state index in [1.807, 2.05) is 32.0 Å². The van der Waals surface area contributed by atoms with Gasteiger partial charge in [-0.05, 0) is 56.7 Å². The molecule has 0 aliphatic carbocycles. The van der Waals surface area contributed by atoms with Gasteiger partial charge in [0.15, 0.2) is 0 Å². The van der Waals surface area contributed by atoms with E-state index in [2.05, 4.69) is 10.5 Å². The lowest BCUT2D eigenvalue weighted by molar-refractivity contribution is 0.102. The minimum atomic E-state index is -0.347. The second-order valence-corrected chi connectivity index (χ2v) is 5.74. The number of nitrogens with zero attached hydrogens (tertiary/aromatic N) is 1. The first-order valence-corrected chi connectivity index (χ1v) is 7.56. The van der Waals surface area contributed by atoms with Crippen molar-refractivity contribution in [3.8, 4) is 11.3 Å². The summed E-state index contributed by atoms with van der Waals surface area (Å²) in [5.41, 5.74) is 4.20. The molecule has 1 aromatic heterocycles. The van der Waals surface area contributed by atoms with E-state index in [1.54, 1.807) is 19.1 Å². The molecule has 4 nitrogen and oxygen atoms in total. The summed E-state index contributed by atoms with van der Waals surface area (Å²) in [7, 11) is 0. The van der Waals surface area contributed by atoms with Crippen LogP contribution in [0, 0.1) is 26.6 Å². The minimum Gasteiger partial charge on any atom is -0.360 e. The fraction of sp³-hybridized carbons (Fsp3) is 0.158. The van der Waals surface area contributed by atoms with E-state index in [9.17, 15) is 9.18 Å². The first-order chi connectivity index (χ1) is 11.5. The molecule has 0 saturated carbocycles. The van der Waals surface area contributed by atoms with E-state index in [-0.39, 0.29) is 11.7 Å². The molecular weight excluding hydrogens is 307 g/mol. The van der Waals surface area contributed by atoms with Crippen LogP contribution in [0.15, 0.2) is 47.0 Å². The van der Waals surface area contributed by atoms with Gasteiger partial charge < -0.3 is 9.84 Å². The number of anilines is 1. The average Bonchev–Trinajstić information content (AvgIpc) is 2.92. The SMILES string of the molecule is Cc1ccc(NC(=O)c2c(-c3ccc(F)cc3)noc2C)c(C)c1. The van der Waals surface area contributed by atoms with Crippen molar-refractivity contribution in [3.63, 3.8) is 0 Å². The fourth-order valence-electron chi connectivity index (χ4n) is 2.58. The maximum absolute atomic E-state index is 13.1. The molecule has 0 radical (unpaired) electrons. The zero-order valence-corrected chi connectivity index (χ0v) is 13.7. The summed E-state index contributed by atoms with van der Waals surface area (Å²) in [6.45, 7) is 5.61. The molecule has 1 N–H and O–H groups in total. The molecule has 0 fully saturated rings. The number of rotatable bonds is 3. The van der Waals surface area contributed by atoms with Crippen LogP contribution in [0.25, 0.3) is 11.3 Å². The van der Waals surface area contributed by atoms with Crippen LogP contribution in [0.2, 0.25) is 0 Å². The highest BCUT2D eigenvalue weighted by Gasteiger charge is 2.22. The quantitative estimate of drug-likeness (QED) is 0.762. The van der Waals surface area contributed by atoms with Crippen LogP contribution in [0.5, 0.6) is 0 Å². The van der Waals surface area contributed by atoms with Gasteiger partial charge in [0.2, 0.25) is 0 Å². The Morgan fingerprint density at radius 3 is 2.46 bits per heavy atom. The molecule has 0 aliphatic rings. The molecule has 0 saturated heterocycles. The number of amides is 1. The molecule has 2 aromatic carbocycles. The van der Waals surface area contributed by atoms with Crippen molar-refractivity contribution in [1.82, 2.24) is 5.16 Å². The van der Waals surface area contributed by atoms with E-state index < -0.39 is 0 Å². The van der Waals surface area contributed by atoms with Gasteiger partial charge >= 0.3 is 0 Å². The summed E-state index contributed by atoms with van der Waals surface area (Å²) in [4.78, 5) is 12.7. The minimum absolute atomic E-state index is 0.306. The standard InChI is InChI=1S/C19H17FN2O2/c1-11-4-9-16(12(2)10-11)21-19(23)17-13(3)24-22-18(17)14-5-7-15(20)8-6-14/h4-10H,1-3H3,(H,21,23).